The number of hydrogen-bond acceptors (Lipinski definition) is 6. The second-order valence-electron chi connectivity index (χ2n) is 3.11. The van der Waals surface area contributed by atoms with Gasteiger partial charge in [0.05, 0.1) is 22.5 Å². The molecule has 0 saturated carbocycles. The third-order valence-corrected chi connectivity index (χ3v) is 2.68. The lowest BCUT2D eigenvalue weighted by Crippen LogP contribution is -2.44. The van der Waals surface area contributed by atoms with Gasteiger partial charge in [-0.3, -0.25) is 20.2 Å². The molecule has 0 aromatic heterocycles. The molecule has 0 heterocycles. The van der Waals surface area contributed by atoms with E-state index >= 15 is 0 Å². The molecule has 82 valence electrons. The Hall–Kier alpha value is -1.25. The Morgan fingerprint density at radius 1 is 1.21 bits per heavy atom. The number of hydrogen-bond donors (Lipinski definition) is 0. The lowest BCUT2D eigenvalue weighted by atomic mass is 10.2. The molecule has 0 unspecified atom stereocenters. The largest absolute Gasteiger partial charge is 0.456 e. The highest BCUT2D eigenvalue weighted by Gasteiger charge is 2.50. The molecule has 0 saturated heterocycles. The van der Waals surface area contributed by atoms with Crippen LogP contribution in [0.3, 0.4) is 0 Å². The van der Waals surface area contributed by atoms with Gasteiger partial charge >= 0.3 is 5.66 Å². The van der Waals surface area contributed by atoms with Crippen LogP contribution in [0.4, 0.5) is 0 Å². The summed E-state index contributed by atoms with van der Waals surface area (Å²) in [5, 5.41) is 20.7. The maximum absolute atomic E-state index is 10.7. The van der Waals surface area contributed by atoms with Gasteiger partial charge in [-0.1, -0.05) is 0 Å². The highest BCUT2D eigenvalue weighted by Crippen LogP contribution is 2.15. The maximum Gasteiger partial charge on any atom is 0.456 e. The Bertz CT molecular complexity index is 333. The molecule has 0 rings (SSSR count). The van der Waals surface area contributed by atoms with Gasteiger partial charge in [-0.15, -0.1) is 0 Å². The van der Waals surface area contributed by atoms with Gasteiger partial charge < -0.3 is 0 Å². The Morgan fingerprint density at radius 2 is 1.57 bits per heavy atom. The first-order chi connectivity index (χ1) is 6.09. The summed E-state index contributed by atoms with van der Waals surface area (Å²) < 4.78 is 21.4. The van der Waals surface area contributed by atoms with Crippen LogP contribution in [-0.2, 0) is 9.84 Å². The van der Waals surface area contributed by atoms with Gasteiger partial charge in [-0.25, -0.2) is 8.42 Å². The van der Waals surface area contributed by atoms with Crippen LogP contribution in [0.2, 0.25) is 0 Å². The predicted octanol–water partition coefficient (Wildman–Crippen LogP) is -0.309. The van der Waals surface area contributed by atoms with Crippen LogP contribution in [0.15, 0.2) is 0 Å². The molecule has 0 aliphatic rings. The maximum atomic E-state index is 10.7. The third kappa shape index (κ3) is 3.24. The van der Waals surface area contributed by atoms with Crippen molar-refractivity contribution in [2.24, 2.45) is 0 Å². The first-order valence-corrected chi connectivity index (χ1v) is 5.62. The van der Waals surface area contributed by atoms with Gasteiger partial charge in [-0.05, 0) is 0 Å². The average molecular weight is 226 g/mol. The van der Waals surface area contributed by atoms with Crippen LogP contribution in [0.5, 0.6) is 0 Å². The molecule has 0 N–H and O–H groups in total. The van der Waals surface area contributed by atoms with E-state index in [4.69, 9.17) is 0 Å². The topological polar surface area (TPSA) is 120 Å². The molecule has 0 fully saturated rings. The first-order valence-electron chi connectivity index (χ1n) is 3.56. The lowest BCUT2D eigenvalue weighted by molar-refractivity contribution is -0.792. The fourth-order valence-corrected chi connectivity index (χ4v) is 1.39. The van der Waals surface area contributed by atoms with E-state index in [-0.39, 0.29) is 0 Å². The minimum absolute atomic E-state index is 0.578. The molecule has 8 nitrogen and oxygen atoms in total. The van der Waals surface area contributed by atoms with Crippen molar-refractivity contribution in [2.45, 2.75) is 19.0 Å². The number of sulfone groups is 1. The third-order valence-electron chi connectivity index (χ3n) is 1.73. The summed E-state index contributed by atoms with van der Waals surface area (Å²) in [7, 11) is -3.43. The van der Waals surface area contributed by atoms with Gasteiger partial charge in [0.25, 0.3) is 0 Å². The molecule has 0 spiro atoms. The normalized spacial score (nSPS) is 12.4. The van der Waals surface area contributed by atoms with Gasteiger partial charge in [-0.2, -0.15) is 0 Å². The summed E-state index contributed by atoms with van der Waals surface area (Å²) in [5.41, 5.74) is -2.43. The molecule has 9 heteroatoms. The average Bonchev–Trinajstić information content (AvgIpc) is 1.97. The SMILES string of the molecule is CC(CCS(C)(=O)=O)([N+](=O)[O-])[N+](=O)[O-]. The number of nitro groups is 2. The predicted molar refractivity (Wildman–Crippen MR) is 46.7 cm³/mol. The van der Waals surface area contributed by atoms with Crippen LogP contribution >= 0.6 is 0 Å². The highest BCUT2D eigenvalue weighted by molar-refractivity contribution is 7.90. The lowest BCUT2D eigenvalue weighted by Gasteiger charge is -2.11. The second-order valence-corrected chi connectivity index (χ2v) is 5.37. The van der Waals surface area contributed by atoms with Gasteiger partial charge in [0.15, 0.2) is 0 Å². The van der Waals surface area contributed by atoms with Crippen LogP contribution in [0.25, 0.3) is 0 Å². The Kier molecular flexibility index (Phi) is 3.52. The zero-order valence-corrected chi connectivity index (χ0v) is 8.48. The minimum Gasteiger partial charge on any atom is -0.258 e. The van der Waals surface area contributed by atoms with Crippen LogP contribution < -0.4 is 0 Å². The summed E-state index contributed by atoms with van der Waals surface area (Å²) in [6.45, 7) is 0.790. The molecule has 14 heavy (non-hydrogen) atoms. The van der Waals surface area contributed by atoms with Crippen LogP contribution in [-0.4, -0.2) is 35.9 Å². The van der Waals surface area contributed by atoms with Crippen molar-refractivity contribution in [3.8, 4) is 0 Å². The second kappa shape index (κ2) is 3.86. The van der Waals surface area contributed by atoms with Gasteiger partial charge in [0.1, 0.15) is 16.3 Å². The van der Waals surface area contributed by atoms with E-state index < -0.39 is 37.5 Å². The summed E-state index contributed by atoms with van der Waals surface area (Å²) >= 11 is 0. The van der Waals surface area contributed by atoms with E-state index in [0.29, 0.717) is 0 Å². The molecule has 0 aliphatic carbocycles. The molecule has 0 aromatic rings. The van der Waals surface area contributed by atoms with Crippen molar-refractivity contribution >= 4 is 9.84 Å². The molecule has 0 radical (unpaired) electrons. The molecular weight excluding hydrogens is 216 g/mol. The van der Waals surface area contributed by atoms with Gasteiger partial charge in [0.2, 0.25) is 0 Å². The Balaban J connectivity index is 4.73. The Morgan fingerprint density at radius 3 is 1.79 bits per heavy atom. The van der Waals surface area contributed by atoms with Crippen molar-refractivity contribution in [1.29, 1.82) is 0 Å². The van der Waals surface area contributed by atoms with Crippen molar-refractivity contribution in [3.63, 3.8) is 0 Å². The summed E-state index contributed by atoms with van der Waals surface area (Å²) in [4.78, 5) is 18.5. The quantitative estimate of drug-likeness (QED) is 0.360. The summed E-state index contributed by atoms with van der Waals surface area (Å²) in [6, 6.07) is 0. The van der Waals surface area contributed by atoms with E-state index in [1.807, 2.05) is 0 Å². The van der Waals surface area contributed by atoms with Crippen LogP contribution in [0, 0.1) is 20.2 Å². The van der Waals surface area contributed by atoms with Crippen LogP contribution in [0.1, 0.15) is 13.3 Å². The van der Waals surface area contributed by atoms with E-state index in [9.17, 15) is 28.6 Å². The van der Waals surface area contributed by atoms with E-state index in [0.717, 1.165) is 13.2 Å². The fraction of sp³-hybridized carbons (Fsp3) is 1.00. The smallest absolute Gasteiger partial charge is 0.258 e. The molecule has 0 atom stereocenters. The number of nitrogens with zero attached hydrogens (tertiary/aromatic N) is 2. The first kappa shape index (κ1) is 12.8. The van der Waals surface area contributed by atoms with Crippen molar-refractivity contribution < 1.29 is 18.3 Å². The van der Waals surface area contributed by atoms with Crippen molar-refractivity contribution in [1.82, 2.24) is 0 Å². The molecule has 0 bridgehead atoms. The highest BCUT2D eigenvalue weighted by atomic mass is 32.2. The molecule has 0 aliphatic heterocycles. The molecule has 0 amide bonds. The van der Waals surface area contributed by atoms with Crippen molar-refractivity contribution in [3.05, 3.63) is 20.2 Å². The zero-order valence-electron chi connectivity index (χ0n) is 7.67. The summed E-state index contributed by atoms with van der Waals surface area (Å²) in [5.74, 6) is -0.578. The molecular formula is C5H10N2O6S. The fourth-order valence-electron chi connectivity index (χ4n) is 0.628. The van der Waals surface area contributed by atoms with E-state index in [2.05, 4.69) is 0 Å². The van der Waals surface area contributed by atoms with E-state index in [1.54, 1.807) is 0 Å². The summed E-state index contributed by atoms with van der Waals surface area (Å²) in [6.07, 6.45) is 0.235. The van der Waals surface area contributed by atoms with Crippen molar-refractivity contribution in [2.75, 3.05) is 12.0 Å². The zero-order chi connectivity index (χ0) is 11.6. The minimum atomic E-state index is -3.43. The van der Waals surface area contributed by atoms with E-state index in [1.165, 1.54) is 0 Å². The standard InChI is InChI=1S/C5H10N2O6S/c1-5(6(8)9,7(10)11)3-4-14(2,12)13/h3-4H2,1-2H3. The Labute approximate surface area is 80.1 Å². The van der Waals surface area contributed by atoms with Gasteiger partial charge in [0, 0.05) is 6.26 Å². The monoisotopic (exact) mass is 226 g/mol. The number of rotatable bonds is 5. The molecule has 0 aromatic carbocycles.